The molecule has 1 aliphatic heterocycles. The van der Waals surface area contributed by atoms with E-state index in [2.05, 4.69) is 25.9 Å². The molecule has 1 aliphatic rings. The number of carbonyl (C=O) groups excluding carboxylic acids is 2. The Hall–Kier alpha value is -3.00. The summed E-state index contributed by atoms with van der Waals surface area (Å²) >= 11 is 12.4. The van der Waals surface area contributed by atoms with Gasteiger partial charge in [-0.15, -0.1) is 0 Å². The number of hydrogen-bond acceptors (Lipinski definition) is 5. The predicted octanol–water partition coefficient (Wildman–Crippen LogP) is 4.38. The average molecular weight is 484 g/mol. The standard InChI is InChI=1S/C24H23Cl2N5O2/c1-14-17(18-9-10-28-23(26)22(18)25)3-2-4-19(14)31-24(33)20-7-5-15(12-29-20)11-27-13-16-6-8-21(32)30-16/h2-5,7,9-10,12,16,27H,6,8,11,13H2,1H3,(H,30,32)(H,31,33)/t16-/m0/s1. The molecule has 0 aliphatic carbocycles. The van der Waals surface area contributed by atoms with E-state index in [1.807, 2.05) is 31.2 Å². The van der Waals surface area contributed by atoms with E-state index in [-0.39, 0.29) is 23.0 Å². The smallest absolute Gasteiger partial charge is 0.274 e. The molecule has 1 fully saturated rings. The Balaban J connectivity index is 1.40. The van der Waals surface area contributed by atoms with Crippen molar-refractivity contribution in [1.82, 2.24) is 20.6 Å². The molecule has 2 amide bonds. The topological polar surface area (TPSA) is 96.0 Å². The SMILES string of the molecule is Cc1c(NC(=O)c2ccc(CNC[C@@H]3CCC(=O)N3)cn2)cccc1-c1ccnc(Cl)c1Cl. The molecule has 9 heteroatoms. The molecule has 7 nitrogen and oxygen atoms in total. The zero-order valence-corrected chi connectivity index (χ0v) is 19.5. The van der Waals surface area contributed by atoms with Crippen molar-refractivity contribution in [2.24, 2.45) is 0 Å². The summed E-state index contributed by atoms with van der Waals surface area (Å²) in [4.78, 5) is 32.3. The lowest BCUT2D eigenvalue weighted by atomic mass is 10.00. The maximum Gasteiger partial charge on any atom is 0.274 e. The van der Waals surface area contributed by atoms with Crippen LogP contribution in [0.5, 0.6) is 0 Å². The number of nitrogens with one attached hydrogen (secondary N) is 3. The molecule has 0 radical (unpaired) electrons. The Morgan fingerprint density at radius 3 is 2.73 bits per heavy atom. The molecule has 1 aromatic carbocycles. The molecular weight excluding hydrogens is 461 g/mol. The molecule has 0 unspecified atom stereocenters. The van der Waals surface area contributed by atoms with Crippen molar-refractivity contribution in [3.05, 3.63) is 75.8 Å². The number of halogens is 2. The van der Waals surface area contributed by atoms with Crippen LogP contribution < -0.4 is 16.0 Å². The molecule has 1 saturated heterocycles. The Kier molecular flexibility index (Phi) is 7.23. The van der Waals surface area contributed by atoms with Crippen LogP contribution in [0.1, 0.15) is 34.5 Å². The molecule has 33 heavy (non-hydrogen) atoms. The van der Waals surface area contributed by atoms with E-state index in [4.69, 9.17) is 23.2 Å². The number of aromatic nitrogens is 2. The van der Waals surface area contributed by atoms with Crippen LogP contribution >= 0.6 is 23.2 Å². The van der Waals surface area contributed by atoms with E-state index >= 15 is 0 Å². The van der Waals surface area contributed by atoms with Crippen LogP contribution in [0.3, 0.4) is 0 Å². The minimum absolute atomic E-state index is 0.104. The first-order valence-corrected chi connectivity index (χ1v) is 11.3. The lowest BCUT2D eigenvalue weighted by Gasteiger charge is -2.14. The highest BCUT2D eigenvalue weighted by Crippen LogP contribution is 2.36. The summed E-state index contributed by atoms with van der Waals surface area (Å²) in [6.07, 6.45) is 4.71. The van der Waals surface area contributed by atoms with Crippen molar-refractivity contribution in [1.29, 1.82) is 0 Å². The number of pyridine rings is 2. The number of rotatable bonds is 7. The summed E-state index contributed by atoms with van der Waals surface area (Å²) in [5.74, 6) is -0.199. The summed E-state index contributed by atoms with van der Waals surface area (Å²) in [6, 6.07) is 11.1. The van der Waals surface area contributed by atoms with Crippen molar-refractivity contribution in [3.63, 3.8) is 0 Å². The first-order chi connectivity index (χ1) is 15.9. The lowest BCUT2D eigenvalue weighted by Crippen LogP contribution is -2.35. The fourth-order valence-electron chi connectivity index (χ4n) is 3.76. The van der Waals surface area contributed by atoms with E-state index < -0.39 is 0 Å². The summed E-state index contributed by atoms with van der Waals surface area (Å²) < 4.78 is 0. The van der Waals surface area contributed by atoms with Gasteiger partial charge in [-0.05, 0) is 48.2 Å². The summed E-state index contributed by atoms with van der Waals surface area (Å²) in [5.41, 5.74) is 4.39. The number of amides is 2. The molecule has 3 N–H and O–H groups in total. The number of anilines is 1. The van der Waals surface area contributed by atoms with Crippen LogP contribution in [-0.4, -0.2) is 34.4 Å². The van der Waals surface area contributed by atoms with E-state index in [1.165, 1.54) is 0 Å². The van der Waals surface area contributed by atoms with E-state index in [0.717, 1.165) is 28.7 Å². The quantitative estimate of drug-likeness (QED) is 0.433. The monoisotopic (exact) mass is 483 g/mol. The zero-order chi connectivity index (χ0) is 23.4. The molecule has 0 spiro atoms. The minimum Gasteiger partial charge on any atom is -0.352 e. The van der Waals surface area contributed by atoms with Crippen LogP contribution in [0.15, 0.2) is 48.8 Å². The maximum absolute atomic E-state index is 12.8. The second-order valence-electron chi connectivity index (χ2n) is 7.88. The van der Waals surface area contributed by atoms with Crippen LogP contribution in [0.2, 0.25) is 10.2 Å². The van der Waals surface area contributed by atoms with Gasteiger partial charge in [0.1, 0.15) is 10.8 Å². The Morgan fingerprint density at radius 1 is 1.15 bits per heavy atom. The normalized spacial score (nSPS) is 15.4. The molecule has 4 rings (SSSR count). The first kappa shape index (κ1) is 23.2. The number of carbonyl (C=O) groups is 2. The van der Waals surface area contributed by atoms with Crippen molar-refractivity contribution < 1.29 is 9.59 Å². The van der Waals surface area contributed by atoms with Crippen LogP contribution in [0.4, 0.5) is 5.69 Å². The highest BCUT2D eigenvalue weighted by molar-refractivity contribution is 6.43. The summed E-state index contributed by atoms with van der Waals surface area (Å²) in [7, 11) is 0. The van der Waals surface area contributed by atoms with Crippen molar-refractivity contribution in [2.75, 3.05) is 11.9 Å². The molecule has 0 saturated carbocycles. The molecule has 3 heterocycles. The zero-order valence-electron chi connectivity index (χ0n) is 18.0. The first-order valence-electron chi connectivity index (χ1n) is 10.6. The average Bonchev–Trinajstić information content (AvgIpc) is 3.22. The fraction of sp³-hybridized carbons (Fsp3) is 0.250. The van der Waals surface area contributed by atoms with E-state index in [1.54, 1.807) is 24.5 Å². The van der Waals surface area contributed by atoms with E-state index in [0.29, 0.717) is 35.9 Å². The number of benzene rings is 1. The second-order valence-corrected chi connectivity index (χ2v) is 8.62. The van der Waals surface area contributed by atoms with Gasteiger partial charge in [0.25, 0.3) is 5.91 Å². The van der Waals surface area contributed by atoms with Gasteiger partial charge < -0.3 is 16.0 Å². The largest absolute Gasteiger partial charge is 0.352 e. The third-order valence-electron chi connectivity index (χ3n) is 5.58. The van der Waals surface area contributed by atoms with Crippen LogP contribution in [0, 0.1) is 6.92 Å². The van der Waals surface area contributed by atoms with Gasteiger partial charge in [0.05, 0.1) is 5.02 Å². The van der Waals surface area contributed by atoms with Crippen molar-refractivity contribution in [2.45, 2.75) is 32.4 Å². The van der Waals surface area contributed by atoms with Crippen molar-refractivity contribution in [3.8, 4) is 11.1 Å². The van der Waals surface area contributed by atoms with Crippen molar-refractivity contribution >= 4 is 40.7 Å². The third kappa shape index (κ3) is 5.50. The highest BCUT2D eigenvalue weighted by atomic mass is 35.5. The Labute approximate surface area is 201 Å². The second kappa shape index (κ2) is 10.3. The molecule has 170 valence electrons. The summed E-state index contributed by atoms with van der Waals surface area (Å²) in [6.45, 7) is 3.22. The minimum atomic E-state index is -0.303. The van der Waals surface area contributed by atoms with Gasteiger partial charge in [-0.25, -0.2) is 4.98 Å². The number of hydrogen-bond donors (Lipinski definition) is 3. The molecule has 3 aromatic rings. The van der Waals surface area contributed by atoms with E-state index in [9.17, 15) is 9.59 Å². The van der Waals surface area contributed by atoms with Gasteiger partial charge in [-0.3, -0.25) is 14.6 Å². The molecular formula is C24H23Cl2N5O2. The van der Waals surface area contributed by atoms with Gasteiger partial charge in [-0.1, -0.05) is 41.4 Å². The van der Waals surface area contributed by atoms with Gasteiger partial charge >= 0.3 is 0 Å². The molecule has 2 aromatic heterocycles. The Morgan fingerprint density at radius 2 is 2.00 bits per heavy atom. The molecule has 0 bridgehead atoms. The van der Waals surface area contributed by atoms with Gasteiger partial charge in [0, 0.05) is 49.2 Å². The van der Waals surface area contributed by atoms with Crippen LogP contribution in [-0.2, 0) is 11.3 Å². The highest BCUT2D eigenvalue weighted by Gasteiger charge is 2.20. The lowest BCUT2D eigenvalue weighted by molar-refractivity contribution is -0.119. The Bertz CT molecular complexity index is 1180. The predicted molar refractivity (Wildman–Crippen MR) is 129 cm³/mol. The summed E-state index contributed by atoms with van der Waals surface area (Å²) in [5, 5.41) is 9.76. The third-order valence-corrected chi connectivity index (χ3v) is 6.35. The number of nitrogens with zero attached hydrogens (tertiary/aromatic N) is 2. The van der Waals surface area contributed by atoms with Crippen LogP contribution in [0.25, 0.3) is 11.1 Å². The fourth-order valence-corrected chi connectivity index (χ4v) is 4.13. The van der Waals surface area contributed by atoms with Gasteiger partial charge in [0.15, 0.2) is 0 Å². The van der Waals surface area contributed by atoms with Gasteiger partial charge in [-0.2, -0.15) is 0 Å². The maximum atomic E-state index is 12.8. The molecule has 1 atom stereocenters. The van der Waals surface area contributed by atoms with Gasteiger partial charge in [0.2, 0.25) is 5.91 Å².